The highest BCUT2D eigenvalue weighted by atomic mass is 35.5. The van der Waals surface area contributed by atoms with Crippen LogP contribution in [0.25, 0.3) is 11.0 Å². The monoisotopic (exact) mass is 535 g/mol. The van der Waals surface area contributed by atoms with Gasteiger partial charge in [-0.25, -0.2) is 0 Å². The Balaban J connectivity index is 1.31. The number of carbonyl (C=O) groups is 3. The molecule has 2 amide bonds. The number of amides is 2. The van der Waals surface area contributed by atoms with E-state index in [1.165, 1.54) is 0 Å². The third kappa shape index (κ3) is 4.78. The Labute approximate surface area is 228 Å². The number of ketones is 1. The summed E-state index contributed by atoms with van der Waals surface area (Å²) in [7, 11) is 0. The Bertz CT molecular complexity index is 1720. The first-order valence-corrected chi connectivity index (χ1v) is 12.7. The van der Waals surface area contributed by atoms with Crippen molar-refractivity contribution in [2.45, 2.75) is 19.0 Å². The van der Waals surface area contributed by atoms with E-state index in [2.05, 4.69) is 20.3 Å². The standard InChI is InChI=1S/C30H22ClN5O3/c31-20-10-11-22-25(14-20)35-29(38)26(15-21-4-1-2-12-32-21)36(30(22)39)17-18-6-8-19(9-7-18)28(37)23-16-34-24-5-3-13-33-27(23)24/h1-14,16,26,34H,15,17H2,(H,35,38)/t26-/m1/s1. The van der Waals surface area contributed by atoms with Gasteiger partial charge >= 0.3 is 0 Å². The number of halogens is 1. The van der Waals surface area contributed by atoms with Gasteiger partial charge in [-0.15, -0.1) is 0 Å². The molecule has 0 unspecified atom stereocenters. The van der Waals surface area contributed by atoms with Crippen molar-refractivity contribution < 1.29 is 14.4 Å². The summed E-state index contributed by atoms with van der Waals surface area (Å²) in [4.78, 5) is 53.6. The van der Waals surface area contributed by atoms with Crippen LogP contribution in [0.5, 0.6) is 0 Å². The highest BCUT2D eigenvalue weighted by Gasteiger charge is 2.36. The van der Waals surface area contributed by atoms with E-state index in [0.717, 1.165) is 11.1 Å². The normalized spacial score (nSPS) is 15.1. The fourth-order valence-electron chi connectivity index (χ4n) is 4.80. The van der Waals surface area contributed by atoms with E-state index in [1.807, 2.05) is 18.2 Å². The number of pyridine rings is 2. The van der Waals surface area contributed by atoms with Gasteiger partial charge in [-0.05, 0) is 48.0 Å². The van der Waals surface area contributed by atoms with Crippen LogP contribution in [0.15, 0.2) is 91.4 Å². The number of aromatic nitrogens is 3. The van der Waals surface area contributed by atoms with Crippen LogP contribution >= 0.6 is 11.6 Å². The van der Waals surface area contributed by atoms with Crippen molar-refractivity contribution in [3.63, 3.8) is 0 Å². The summed E-state index contributed by atoms with van der Waals surface area (Å²) >= 11 is 6.15. The van der Waals surface area contributed by atoms with Gasteiger partial charge in [0.25, 0.3) is 5.91 Å². The highest BCUT2D eigenvalue weighted by Crippen LogP contribution is 2.29. The number of nitrogens with zero attached hydrogens (tertiary/aromatic N) is 3. The zero-order valence-electron chi connectivity index (χ0n) is 20.6. The smallest absolute Gasteiger partial charge is 0.256 e. The second kappa shape index (κ2) is 10.2. The van der Waals surface area contributed by atoms with Crippen LogP contribution in [-0.4, -0.2) is 43.5 Å². The molecule has 0 saturated carbocycles. The molecule has 3 aromatic heterocycles. The fraction of sp³-hybridized carbons (Fsp3) is 0.100. The van der Waals surface area contributed by atoms with Gasteiger partial charge in [0.15, 0.2) is 5.78 Å². The Morgan fingerprint density at radius 1 is 0.949 bits per heavy atom. The molecule has 1 atom stereocenters. The third-order valence-corrected chi connectivity index (χ3v) is 7.02. The van der Waals surface area contributed by atoms with Gasteiger partial charge in [0, 0.05) is 47.8 Å². The molecule has 9 heteroatoms. The maximum Gasteiger partial charge on any atom is 0.256 e. The molecular formula is C30H22ClN5O3. The fourth-order valence-corrected chi connectivity index (χ4v) is 4.98. The van der Waals surface area contributed by atoms with Crippen molar-refractivity contribution in [2.75, 3.05) is 5.32 Å². The molecule has 192 valence electrons. The number of H-pyrrole nitrogens is 1. The van der Waals surface area contributed by atoms with Gasteiger partial charge in [-0.3, -0.25) is 24.4 Å². The second-order valence-electron chi connectivity index (χ2n) is 9.28. The third-order valence-electron chi connectivity index (χ3n) is 6.79. The maximum absolute atomic E-state index is 13.8. The zero-order valence-corrected chi connectivity index (χ0v) is 21.4. The van der Waals surface area contributed by atoms with E-state index in [1.54, 1.807) is 78.1 Å². The number of rotatable bonds is 6. The van der Waals surface area contributed by atoms with Crippen LogP contribution in [0.4, 0.5) is 5.69 Å². The maximum atomic E-state index is 13.8. The molecule has 0 aliphatic carbocycles. The van der Waals surface area contributed by atoms with E-state index >= 15 is 0 Å². The van der Waals surface area contributed by atoms with Crippen LogP contribution in [0, 0.1) is 0 Å². The van der Waals surface area contributed by atoms with E-state index in [0.29, 0.717) is 38.6 Å². The van der Waals surface area contributed by atoms with E-state index in [9.17, 15) is 14.4 Å². The average Bonchev–Trinajstić information content (AvgIpc) is 3.36. The summed E-state index contributed by atoms with van der Waals surface area (Å²) in [6.07, 6.45) is 5.21. The van der Waals surface area contributed by atoms with Crippen molar-refractivity contribution in [3.8, 4) is 0 Å². The largest absolute Gasteiger partial charge is 0.359 e. The second-order valence-corrected chi connectivity index (χ2v) is 9.72. The molecule has 1 aliphatic rings. The molecule has 0 spiro atoms. The van der Waals surface area contributed by atoms with Crippen molar-refractivity contribution in [1.82, 2.24) is 19.9 Å². The molecule has 0 bridgehead atoms. The summed E-state index contributed by atoms with van der Waals surface area (Å²) in [5, 5.41) is 3.29. The molecule has 0 radical (unpaired) electrons. The molecule has 8 nitrogen and oxygen atoms in total. The molecule has 1 aliphatic heterocycles. The molecule has 39 heavy (non-hydrogen) atoms. The minimum Gasteiger partial charge on any atom is -0.359 e. The lowest BCUT2D eigenvalue weighted by atomic mass is 10.0. The van der Waals surface area contributed by atoms with E-state index in [4.69, 9.17) is 11.6 Å². The lowest BCUT2D eigenvalue weighted by Gasteiger charge is -2.28. The van der Waals surface area contributed by atoms with Gasteiger partial charge in [0.05, 0.1) is 27.8 Å². The number of anilines is 1. The summed E-state index contributed by atoms with van der Waals surface area (Å²) in [5.41, 5.74) is 4.58. The molecular weight excluding hydrogens is 514 g/mol. The summed E-state index contributed by atoms with van der Waals surface area (Å²) in [5.74, 6) is -0.782. The number of benzene rings is 2. The zero-order chi connectivity index (χ0) is 26.9. The number of aromatic amines is 1. The Morgan fingerprint density at radius 2 is 1.77 bits per heavy atom. The van der Waals surface area contributed by atoms with Gasteiger partial charge in [-0.1, -0.05) is 41.9 Å². The van der Waals surface area contributed by atoms with Crippen molar-refractivity contribution in [2.24, 2.45) is 0 Å². The van der Waals surface area contributed by atoms with Crippen LogP contribution in [0.1, 0.15) is 37.5 Å². The Morgan fingerprint density at radius 3 is 2.56 bits per heavy atom. The van der Waals surface area contributed by atoms with Gasteiger partial charge in [-0.2, -0.15) is 0 Å². The van der Waals surface area contributed by atoms with Crippen molar-refractivity contribution in [1.29, 1.82) is 0 Å². The number of hydrogen-bond donors (Lipinski definition) is 2. The molecule has 0 saturated heterocycles. The average molecular weight is 536 g/mol. The number of carbonyl (C=O) groups excluding carboxylic acids is 3. The van der Waals surface area contributed by atoms with E-state index < -0.39 is 6.04 Å². The van der Waals surface area contributed by atoms with Crippen LogP contribution < -0.4 is 5.32 Å². The quantitative estimate of drug-likeness (QED) is 0.296. The predicted molar refractivity (Wildman–Crippen MR) is 148 cm³/mol. The van der Waals surface area contributed by atoms with Crippen molar-refractivity contribution >= 4 is 45.9 Å². The first-order chi connectivity index (χ1) is 19.0. The van der Waals surface area contributed by atoms with Crippen LogP contribution in [0.2, 0.25) is 5.02 Å². The Hall–Kier alpha value is -4.82. The minimum atomic E-state index is -0.808. The first-order valence-electron chi connectivity index (χ1n) is 12.3. The molecule has 0 fully saturated rings. The van der Waals surface area contributed by atoms with Gasteiger partial charge in [0.1, 0.15) is 6.04 Å². The lowest BCUT2D eigenvalue weighted by Crippen LogP contribution is -2.46. The summed E-state index contributed by atoms with van der Waals surface area (Å²) in [6.45, 7) is 0.162. The number of hydrogen-bond acceptors (Lipinski definition) is 5. The predicted octanol–water partition coefficient (Wildman–Crippen LogP) is 5.05. The van der Waals surface area contributed by atoms with E-state index in [-0.39, 0.29) is 30.6 Å². The first kappa shape index (κ1) is 24.5. The molecule has 2 N–H and O–H groups in total. The topological polar surface area (TPSA) is 108 Å². The van der Waals surface area contributed by atoms with Crippen molar-refractivity contribution in [3.05, 3.63) is 124 Å². The molecule has 2 aromatic carbocycles. The molecule has 6 rings (SSSR count). The lowest BCUT2D eigenvalue weighted by molar-refractivity contribution is -0.120. The summed E-state index contributed by atoms with van der Waals surface area (Å²) < 4.78 is 0. The van der Waals surface area contributed by atoms with Crippen LogP contribution in [0.3, 0.4) is 0 Å². The molecule has 4 heterocycles. The van der Waals surface area contributed by atoms with Gasteiger partial charge in [0.2, 0.25) is 5.91 Å². The molecule has 5 aromatic rings. The number of fused-ring (bicyclic) bond motifs is 2. The number of nitrogens with one attached hydrogen (secondary N) is 2. The summed E-state index contributed by atoms with van der Waals surface area (Å²) in [6, 6.07) is 20.2. The van der Waals surface area contributed by atoms with Gasteiger partial charge < -0.3 is 15.2 Å². The SMILES string of the molecule is O=C(c1ccc(CN2C(=O)c3ccc(Cl)cc3NC(=O)[C@H]2Cc2ccccn2)cc1)c1c[nH]c2cccnc12. The van der Waals surface area contributed by atoms with Crippen LogP contribution in [-0.2, 0) is 17.8 Å². The minimum absolute atomic E-state index is 0.157. The highest BCUT2D eigenvalue weighted by molar-refractivity contribution is 6.31. The Kier molecular flexibility index (Phi) is 6.38.